The molecule has 0 bridgehead atoms. The van der Waals surface area contributed by atoms with Gasteiger partial charge in [-0.2, -0.15) is 0 Å². The van der Waals surface area contributed by atoms with Gasteiger partial charge in [0.05, 0.1) is 26.4 Å². The Labute approximate surface area is 102 Å². The summed E-state index contributed by atoms with van der Waals surface area (Å²) in [4.78, 5) is 5.74. The monoisotopic (exact) mass is 232 g/mol. The van der Waals surface area contributed by atoms with Crippen LogP contribution in [0.4, 0.5) is 5.69 Å². The summed E-state index contributed by atoms with van der Waals surface area (Å²) < 4.78 is 10.9. The number of rotatable bonds is 4. The van der Waals surface area contributed by atoms with Gasteiger partial charge in [0.2, 0.25) is 5.69 Å². The minimum atomic E-state index is 0.578. The Morgan fingerprint density at radius 1 is 1.29 bits per heavy atom. The molecule has 0 aliphatic carbocycles. The lowest BCUT2D eigenvalue weighted by Gasteiger charge is -2.26. The van der Waals surface area contributed by atoms with Crippen molar-refractivity contribution < 1.29 is 9.47 Å². The van der Waals surface area contributed by atoms with Crippen LogP contribution in [-0.2, 0) is 4.74 Å². The second kappa shape index (κ2) is 6.24. The van der Waals surface area contributed by atoms with Crippen LogP contribution in [0.25, 0.3) is 4.85 Å². The summed E-state index contributed by atoms with van der Waals surface area (Å²) in [7, 11) is 0. The topological polar surface area (TPSA) is 26.1 Å². The molecule has 2 rings (SSSR count). The van der Waals surface area contributed by atoms with E-state index in [2.05, 4.69) is 9.74 Å². The molecule has 0 atom stereocenters. The molecule has 0 unspecified atom stereocenters. The van der Waals surface area contributed by atoms with E-state index in [9.17, 15) is 0 Å². The summed E-state index contributed by atoms with van der Waals surface area (Å²) in [5.41, 5.74) is 0.578. The van der Waals surface area contributed by atoms with Gasteiger partial charge in [-0.05, 0) is 6.07 Å². The molecule has 0 aromatic heterocycles. The molecule has 1 aliphatic heterocycles. The summed E-state index contributed by atoms with van der Waals surface area (Å²) in [6.45, 7) is 12.1. The van der Waals surface area contributed by atoms with Crippen molar-refractivity contribution in [2.24, 2.45) is 0 Å². The first-order valence-electron chi connectivity index (χ1n) is 5.79. The fourth-order valence-electron chi connectivity index (χ4n) is 1.78. The SMILES string of the molecule is [C-]#[N+]c1ccccc1OCCN1CCOCC1. The highest BCUT2D eigenvalue weighted by Gasteiger charge is 2.10. The maximum absolute atomic E-state index is 7.03. The second-order valence-electron chi connectivity index (χ2n) is 3.88. The van der Waals surface area contributed by atoms with Gasteiger partial charge in [0.15, 0.2) is 0 Å². The zero-order valence-electron chi connectivity index (χ0n) is 9.76. The maximum Gasteiger partial charge on any atom is 0.228 e. The molecule has 0 saturated carbocycles. The molecule has 1 aromatic rings. The van der Waals surface area contributed by atoms with Crippen molar-refractivity contribution in [2.45, 2.75) is 0 Å². The molecule has 0 amide bonds. The molecule has 1 saturated heterocycles. The van der Waals surface area contributed by atoms with Gasteiger partial charge < -0.3 is 9.47 Å². The van der Waals surface area contributed by atoms with Crippen molar-refractivity contribution in [3.05, 3.63) is 35.7 Å². The number of para-hydroxylation sites is 2. The molecule has 4 heteroatoms. The van der Waals surface area contributed by atoms with E-state index in [4.69, 9.17) is 16.0 Å². The normalized spacial score (nSPS) is 16.4. The third-order valence-electron chi connectivity index (χ3n) is 2.75. The summed E-state index contributed by atoms with van der Waals surface area (Å²) in [6.07, 6.45) is 0. The van der Waals surface area contributed by atoms with E-state index in [-0.39, 0.29) is 0 Å². The summed E-state index contributed by atoms with van der Waals surface area (Å²) in [5.74, 6) is 0.677. The van der Waals surface area contributed by atoms with Gasteiger partial charge in [-0.1, -0.05) is 18.2 Å². The fourth-order valence-corrected chi connectivity index (χ4v) is 1.78. The van der Waals surface area contributed by atoms with E-state index in [1.165, 1.54) is 0 Å². The Bertz CT molecular complexity index is 395. The average Bonchev–Trinajstić information content (AvgIpc) is 2.40. The molecule has 0 radical (unpaired) electrons. The largest absolute Gasteiger partial charge is 0.503 e. The number of morpholine rings is 1. The number of ether oxygens (including phenoxy) is 2. The first-order valence-corrected chi connectivity index (χ1v) is 5.79. The summed E-state index contributed by atoms with van der Waals surface area (Å²) in [5, 5.41) is 0. The predicted octanol–water partition coefficient (Wildman–Crippen LogP) is 1.95. The minimum Gasteiger partial charge on any atom is -0.503 e. The van der Waals surface area contributed by atoms with Crippen LogP contribution in [0.15, 0.2) is 24.3 Å². The van der Waals surface area contributed by atoms with Crippen LogP contribution in [0.3, 0.4) is 0 Å². The molecule has 1 aliphatic rings. The van der Waals surface area contributed by atoms with E-state index in [0.29, 0.717) is 18.0 Å². The fraction of sp³-hybridized carbons (Fsp3) is 0.462. The third kappa shape index (κ3) is 3.45. The van der Waals surface area contributed by atoms with Gasteiger partial charge in [0.1, 0.15) is 5.75 Å². The van der Waals surface area contributed by atoms with E-state index >= 15 is 0 Å². The number of hydrogen-bond acceptors (Lipinski definition) is 3. The van der Waals surface area contributed by atoms with Gasteiger partial charge in [-0.25, -0.2) is 4.85 Å². The Kier molecular flexibility index (Phi) is 4.37. The van der Waals surface area contributed by atoms with Crippen molar-refractivity contribution in [3.63, 3.8) is 0 Å². The molecular weight excluding hydrogens is 216 g/mol. The standard InChI is InChI=1S/C13H16N2O2/c1-14-12-4-2-3-5-13(12)17-11-8-15-6-9-16-10-7-15/h2-5H,6-11H2. The molecule has 17 heavy (non-hydrogen) atoms. The molecule has 1 fully saturated rings. The number of nitrogens with zero attached hydrogens (tertiary/aromatic N) is 2. The molecule has 90 valence electrons. The molecule has 1 aromatic carbocycles. The quantitative estimate of drug-likeness (QED) is 0.742. The second-order valence-corrected chi connectivity index (χ2v) is 3.88. The summed E-state index contributed by atoms with van der Waals surface area (Å²) >= 11 is 0. The highest BCUT2D eigenvalue weighted by molar-refractivity contribution is 5.56. The Morgan fingerprint density at radius 3 is 2.82 bits per heavy atom. The zero-order valence-corrected chi connectivity index (χ0v) is 9.76. The van der Waals surface area contributed by atoms with Crippen LogP contribution in [-0.4, -0.2) is 44.4 Å². The average molecular weight is 232 g/mol. The summed E-state index contributed by atoms with van der Waals surface area (Å²) in [6, 6.07) is 7.35. The number of hydrogen-bond donors (Lipinski definition) is 0. The first-order chi connectivity index (χ1) is 8.40. The molecule has 0 spiro atoms. The van der Waals surface area contributed by atoms with Crippen molar-refractivity contribution in [2.75, 3.05) is 39.5 Å². The molecule has 0 N–H and O–H groups in total. The first kappa shape index (κ1) is 11.9. The van der Waals surface area contributed by atoms with Crippen LogP contribution in [0, 0.1) is 6.57 Å². The van der Waals surface area contributed by atoms with Crippen molar-refractivity contribution in [3.8, 4) is 5.75 Å². The van der Waals surface area contributed by atoms with Crippen LogP contribution < -0.4 is 4.74 Å². The van der Waals surface area contributed by atoms with E-state index in [0.717, 1.165) is 32.8 Å². The van der Waals surface area contributed by atoms with Gasteiger partial charge in [-0.15, -0.1) is 0 Å². The van der Waals surface area contributed by atoms with Gasteiger partial charge in [-0.3, -0.25) is 4.90 Å². The van der Waals surface area contributed by atoms with Gasteiger partial charge in [0.25, 0.3) is 0 Å². The lowest BCUT2D eigenvalue weighted by Crippen LogP contribution is -2.38. The highest BCUT2D eigenvalue weighted by Crippen LogP contribution is 2.26. The highest BCUT2D eigenvalue weighted by atomic mass is 16.5. The number of benzene rings is 1. The van der Waals surface area contributed by atoms with Gasteiger partial charge >= 0.3 is 0 Å². The van der Waals surface area contributed by atoms with Crippen LogP contribution in [0.5, 0.6) is 5.75 Å². The smallest absolute Gasteiger partial charge is 0.228 e. The maximum atomic E-state index is 7.03. The lowest BCUT2D eigenvalue weighted by atomic mass is 10.3. The van der Waals surface area contributed by atoms with Crippen LogP contribution >= 0.6 is 0 Å². The minimum absolute atomic E-state index is 0.578. The molecular formula is C13H16N2O2. The van der Waals surface area contributed by atoms with Crippen molar-refractivity contribution in [1.82, 2.24) is 4.90 Å². The van der Waals surface area contributed by atoms with Gasteiger partial charge in [0, 0.05) is 19.6 Å². The van der Waals surface area contributed by atoms with E-state index in [1.54, 1.807) is 6.07 Å². The third-order valence-corrected chi connectivity index (χ3v) is 2.75. The lowest BCUT2D eigenvalue weighted by molar-refractivity contribution is 0.0323. The van der Waals surface area contributed by atoms with E-state index in [1.807, 2.05) is 18.2 Å². The van der Waals surface area contributed by atoms with Crippen molar-refractivity contribution in [1.29, 1.82) is 0 Å². The Morgan fingerprint density at radius 2 is 2.06 bits per heavy atom. The van der Waals surface area contributed by atoms with Crippen molar-refractivity contribution >= 4 is 5.69 Å². The molecule has 4 nitrogen and oxygen atoms in total. The predicted molar refractivity (Wildman–Crippen MR) is 65.5 cm³/mol. The van der Waals surface area contributed by atoms with Crippen LogP contribution in [0.1, 0.15) is 0 Å². The zero-order chi connectivity index (χ0) is 11.9. The van der Waals surface area contributed by atoms with E-state index < -0.39 is 0 Å². The molecule has 1 heterocycles. The van der Waals surface area contributed by atoms with Crippen LogP contribution in [0.2, 0.25) is 0 Å². The Balaban J connectivity index is 1.79. The Hall–Kier alpha value is -1.57.